The topological polar surface area (TPSA) is 49.4 Å². The Balaban J connectivity index is 2.09. The zero-order chi connectivity index (χ0) is 19.4. The Morgan fingerprint density at radius 3 is 2.42 bits per heavy atom. The largest absolute Gasteiger partial charge is 0.323 e. The van der Waals surface area contributed by atoms with Crippen LogP contribution in [0.25, 0.3) is 0 Å². The quantitative estimate of drug-likeness (QED) is 0.774. The minimum atomic E-state index is -1.66. The van der Waals surface area contributed by atoms with Gasteiger partial charge in [-0.2, -0.15) is 0 Å². The van der Waals surface area contributed by atoms with Gasteiger partial charge in [-0.05, 0) is 42.8 Å². The number of nitrogens with zero attached hydrogens (tertiary/aromatic N) is 1. The summed E-state index contributed by atoms with van der Waals surface area (Å²) >= 11 is 5.90. The first-order valence-electron chi connectivity index (χ1n) is 7.68. The molecule has 0 aromatic heterocycles. The number of rotatable bonds is 5. The third kappa shape index (κ3) is 4.54. The average Bonchev–Trinajstić information content (AvgIpc) is 2.57. The molecule has 0 aliphatic carbocycles. The van der Waals surface area contributed by atoms with Crippen molar-refractivity contribution in [3.63, 3.8) is 0 Å². The van der Waals surface area contributed by atoms with Crippen LogP contribution in [0.15, 0.2) is 30.3 Å². The lowest BCUT2D eigenvalue weighted by Crippen LogP contribution is -2.32. The number of carbonyl (C=O) groups is 2. The summed E-state index contributed by atoms with van der Waals surface area (Å²) in [6.07, 6.45) is -0.167. The fraction of sp³-hybridized carbons (Fsp3) is 0.222. The first-order valence-corrected chi connectivity index (χ1v) is 8.06. The van der Waals surface area contributed by atoms with Crippen molar-refractivity contribution < 1.29 is 22.8 Å². The van der Waals surface area contributed by atoms with E-state index in [0.717, 1.165) is 11.6 Å². The Bertz CT molecular complexity index is 859. The van der Waals surface area contributed by atoms with Gasteiger partial charge in [-0.15, -0.1) is 0 Å². The van der Waals surface area contributed by atoms with Crippen molar-refractivity contribution in [3.8, 4) is 0 Å². The molecule has 2 rings (SSSR count). The van der Waals surface area contributed by atoms with E-state index in [9.17, 15) is 22.8 Å². The molecule has 1 N–H and O–H groups in total. The number of hydrogen-bond donors (Lipinski definition) is 1. The van der Waals surface area contributed by atoms with Gasteiger partial charge in [-0.3, -0.25) is 9.59 Å². The van der Waals surface area contributed by atoms with Crippen molar-refractivity contribution in [1.29, 1.82) is 0 Å². The van der Waals surface area contributed by atoms with Crippen molar-refractivity contribution >= 4 is 34.8 Å². The van der Waals surface area contributed by atoms with Crippen LogP contribution in [0.5, 0.6) is 0 Å². The molecule has 4 nitrogen and oxygen atoms in total. The second kappa shape index (κ2) is 8.23. The van der Waals surface area contributed by atoms with Gasteiger partial charge < -0.3 is 10.2 Å². The molecule has 0 atom stereocenters. The van der Waals surface area contributed by atoms with Crippen LogP contribution in [0.1, 0.15) is 18.9 Å². The normalized spacial score (nSPS) is 10.5. The standard InChI is InChI=1S/C18H16ClF3N2O2/c1-10-9-12(19)3-6-15(10)24(11(2)25)8-7-16(26)23-14-5-4-13(20)17(21)18(14)22/h3-6,9H,7-8H2,1-2H3,(H,23,26). The second-order valence-electron chi connectivity index (χ2n) is 5.62. The van der Waals surface area contributed by atoms with E-state index in [1.807, 2.05) is 0 Å². The summed E-state index contributed by atoms with van der Waals surface area (Å²) in [5, 5.41) is 2.68. The van der Waals surface area contributed by atoms with Crippen molar-refractivity contribution in [3.05, 3.63) is 58.4 Å². The molecule has 0 fully saturated rings. The average molecular weight is 385 g/mol. The number of benzene rings is 2. The third-order valence-electron chi connectivity index (χ3n) is 3.70. The number of halogens is 4. The van der Waals surface area contributed by atoms with E-state index >= 15 is 0 Å². The van der Waals surface area contributed by atoms with Crippen LogP contribution in [-0.4, -0.2) is 18.4 Å². The summed E-state index contributed by atoms with van der Waals surface area (Å²) < 4.78 is 39.7. The Labute approximate surface area is 153 Å². The lowest BCUT2D eigenvalue weighted by molar-refractivity contribution is -0.117. The monoisotopic (exact) mass is 384 g/mol. The van der Waals surface area contributed by atoms with Gasteiger partial charge in [0.2, 0.25) is 11.8 Å². The Morgan fingerprint density at radius 2 is 1.81 bits per heavy atom. The molecule has 0 aliphatic heterocycles. The second-order valence-corrected chi connectivity index (χ2v) is 6.06. The van der Waals surface area contributed by atoms with Gasteiger partial charge in [-0.25, -0.2) is 13.2 Å². The number of aryl methyl sites for hydroxylation is 1. The number of hydrogen-bond acceptors (Lipinski definition) is 2. The van der Waals surface area contributed by atoms with Crippen molar-refractivity contribution in [2.45, 2.75) is 20.3 Å². The maximum Gasteiger partial charge on any atom is 0.226 e. The molecule has 26 heavy (non-hydrogen) atoms. The molecule has 0 aliphatic rings. The maximum absolute atomic E-state index is 13.6. The molecule has 0 spiro atoms. The first kappa shape index (κ1) is 19.8. The summed E-state index contributed by atoms with van der Waals surface area (Å²) in [5.41, 5.74) is 0.874. The minimum Gasteiger partial charge on any atom is -0.323 e. The summed E-state index contributed by atoms with van der Waals surface area (Å²) in [4.78, 5) is 25.3. The highest BCUT2D eigenvalue weighted by molar-refractivity contribution is 6.30. The van der Waals surface area contributed by atoms with Gasteiger partial charge in [-0.1, -0.05) is 11.6 Å². The fourth-order valence-corrected chi connectivity index (χ4v) is 2.64. The fourth-order valence-electron chi connectivity index (χ4n) is 2.42. The molecule has 8 heteroatoms. The van der Waals surface area contributed by atoms with E-state index in [1.165, 1.54) is 11.8 Å². The first-order chi connectivity index (χ1) is 12.2. The Kier molecular flexibility index (Phi) is 6.26. The van der Waals surface area contributed by atoms with Crippen molar-refractivity contribution in [1.82, 2.24) is 0 Å². The molecule has 0 unspecified atom stereocenters. The van der Waals surface area contributed by atoms with Gasteiger partial charge in [0.05, 0.1) is 5.69 Å². The highest BCUT2D eigenvalue weighted by Crippen LogP contribution is 2.24. The minimum absolute atomic E-state index is 0.0228. The lowest BCUT2D eigenvalue weighted by atomic mass is 10.1. The van der Waals surface area contributed by atoms with Gasteiger partial charge in [0.1, 0.15) is 0 Å². The molecule has 2 amide bonds. The van der Waals surface area contributed by atoms with Crippen LogP contribution in [0.4, 0.5) is 24.5 Å². The molecule has 0 bridgehead atoms. The van der Waals surface area contributed by atoms with Crippen LogP contribution in [0, 0.1) is 24.4 Å². The van der Waals surface area contributed by atoms with E-state index in [-0.39, 0.29) is 18.9 Å². The zero-order valence-corrected chi connectivity index (χ0v) is 14.8. The van der Waals surface area contributed by atoms with Crippen LogP contribution < -0.4 is 10.2 Å². The summed E-state index contributed by atoms with van der Waals surface area (Å²) in [5.74, 6) is -5.42. The maximum atomic E-state index is 13.6. The predicted molar refractivity (Wildman–Crippen MR) is 93.8 cm³/mol. The van der Waals surface area contributed by atoms with Crippen LogP contribution in [-0.2, 0) is 9.59 Å². The SMILES string of the molecule is CC(=O)N(CCC(=O)Nc1ccc(F)c(F)c1F)c1ccc(Cl)cc1C. The van der Waals surface area contributed by atoms with E-state index < -0.39 is 29.0 Å². The van der Waals surface area contributed by atoms with Crippen LogP contribution in [0.3, 0.4) is 0 Å². The van der Waals surface area contributed by atoms with Crippen molar-refractivity contribution in [2.75, 3.05) is 16.8 Å². The predicted octanol–water partition coefficient (Wildman–Crippen LogP) is 4.45. The van der Waals surface area contributed by atoms with Gasteiger partial charge in [0.25, 0.3) is 0 Å². The van der Waals surface area contributed by atoms with E-state index in [4.69, 9.17) is 11.6 Å². The molecule has 0 saturated heterocycles. The zero-order valence-electron chi connectivity index (χ0n) is 14.1. The van der Waals surface area contributed by atoms with E-state index in [1.54, 1.807) is 25.1 Å². The summed E-state index contributed by atoms with van der Waals surface area (Å²) in [7, 11) is 0. The van der Waals surface area contributed by atoms with Gasteiger partial charge in [0, 0.05) is 30.6 Å². The third-order valence-corrected chi connectivity index (χ3v) is 3.94. The number of anilines is 2. The van der Waals surface area contributed by atoms with Crippen LogP contribution in [0.2, 0.25) is 5.02 Å². The molecule has 2 aromatic rings. The smallest absolute Gasteiger partial charge is 0.226 e. The summed E-state index contributed by atoms with van der Waals surface area (Å²) in [6.45, 7) is 3.14. The lowest BCUT2D eigenvalue weighted by Gasteiger charge is -2.23. The summed E-state index contributed by atoms with van der Waals surface area (Å²) in [6, 6.07) is 6.61. The highest BCUT2D eigenvalue weighted by atomic mass is 35.5. The van der Waals surface area contributed by atoms with Gasteiger partial charge in [0.15, 0.2) is 17.5 Å². The van der Waals surface area contributed by atoms with Crippen molar-refractivity contribution in [2.24, 2.45) is 0 Å². The molecular weight excluding hydrogens is 369 g/mol. The molecular formula is C18H16ClF3N2O2. The number of carbonyl (C=O) groups excluding carboxylic acids is 2. The molecule has 138 valence electrons. The number of nitrogens with one attached hydrogen (secondary N) is 1. The Morgan fingerprint density at radius 1 is 1.12 bits per heavy atom. The highest BCUT2D eigenvalue weighted by Gasteiger charge is 2.18. The molecule has 0 heterocycles. The molecule has 0 radical (unpaired) electrons. The van der Waals surface area contributed by atoms with E-state index in [0.29, 0.717) is 16.8 Å². The molecule has 0 saturated carbocycles. The Hall–Kier alpha value is -2.54. The number of amides is 2. The van der Waals surface area contributed by atoms with E-state index in [2.05, 4.69) is 5.32 Å². The van der Waals surface area contributed by atoms with Gasteiger partial charge >= 0.3 is 0 Å². The van der Waals surface area contributed by atoms with Crippen LogP contribution >= 0.6 is 11.6 Å². The molecule has 2 aromatic carbocycles.